The zero-order valence-electron chi connectivity index (χ0n) is 17.5. The number of nitrogens with two attached hydrogens (primary N) is 1. The van der Waals surface area contributed by atoms with Crippen molar-refractivity contribution in [2.75, 3.05) is 12.0 Å². The van der Waals surface area contributed by atoms with E-state index in [0.29, 0.717) is 28.2 Å². The molecule has 0 bridgehead atoms. The zero-order valence-corrected chi connectivity index (χ0v) is 18.3. The molecule has 30 heavy (non-hydrogen) atoms. The van der Waals surface area contributed by atoms with Gasteiger partial charge >= 0.3 is 0 Å². The molecule has 7 heteroatoms. The van der Waals surface area contributed by atoms with Crippen molar-refractivity contribution in [2.24, 2.45) is 10.7 Å². The number of carbonyl (C=O) groups is 2. The number of benzene rings is 2. The number of rotatable bonds is 6. The SMILES string of the molecule is COc1cccc(N2C(=O)/C(=C\c3ccc(C(C)C)cc3)N=C2S[C@@H](C)C(N)=O)c1. The summed E-state index contributed by atoms with van der Waals surface area (Å²) in [6, 6.07) is 15.2. The molecule has 1 heterocycles. The number of ether oxygens (including phenoxy) is 1. The Morgan fingerprint density at radius 1 is 1.17 bits per heavy atom. The molecular formula is C23H25N3O3S. The van der Waals surface area contributed by atoms with Gasteiger partial charge in [0.1, 0.15) is 11.4 Å². The second kappa shape index (κ2) is 9.17. The summed E-state index contributed by atoms with van der Waals surface area (Å²) in [5.41, 5.74) is 8.44. The molecule has 2 aromatic carbocycles. The topological polar surface area (TPSA) is 85.0 Å². The van der Waals surface area contributed by atoms with Gasteiger partial charge in [-0.1, -0.05) is 55.9 Å². The predicted molar refractivity (Wildman–Crippen MR) is 123 cm³/mol. The minimum Gasteiger partial charge on any atom is -0.497 e. The van der Waals surface area contributed by atoms with Crippen LogP contribution in [0.1, 0.15) is 37.8 Å². The molecule has 2 N–H and O–H groups in total. The number of hydrogen-bond donors (Lipinski definition) is 1. The number of amidine groups is 1. The van der Waals surface area contributed by atoms with Crippen LogP contribution < -0.4 is 15.4 Å². The van der Waals surface area contributed by atoms with Gasteiger partial charge in [0.25, 0.3) is 5.91 Å². The summed E-state index contributed by atoms with van der Waals surface area (Å²) in [5.74, 6) is 0.312. The van der Waals surface area contributed by atoms with Crippen LogP contribution in [0, 0.1) is 0 Å². The van der Waals surface area contributed by atoms with Crippen LogP contribution in [0.4, 0.5) is 5.69 Å². The molecule has 0 spiro atoms. The smallest absolute Gasteiger partial charge is 0.283 e. The van der Waals surface area contributed by atoms with Crippen molar-refractivity contribution in [2.45, 2.75) is 31.9 Å². The van der Waals surface area contributed by atoms with E-state index in [0.717, 1.165) is 17.3 Å². The van der Waals surface area contributed by atoms with E-state index in [1.54, 1.807) is 44.4 Å². The minimum atomic E-state index is -0.533. The molecule has 0 aromatic heterocycles. The Morgan fingerprint density at radius 3 is 2.47 bits per heavy atom. The van der Waals surface area contributed by atoms with Crippen molar-refractivity contribution in [1.29, 1.82) is 0 Å². The highest BCUT2D eigenvalue weighted by molar-refractivity contribution is 8.15. The highest BCUT2D eigenvalue weighted by atomic mass is 32.2. The largest absolute Gasteiger partial charge is 0.497 e. The molecule has 0 aliphatic carbocycles. The number of primary amides is 1. The zero-order chi connectivity index (χ0) is 21.8. The van der Waals surface area contributed by atoms with Gasteiger partial charge in [0, 0.05) is 6.07 Å². The Balaban J connectivity index is 1.99. The van der Waals surface area contributed by atoms with Crippen LogP contribution in [-0.2, 0) is 9.59 Å². The van der Waals surface area contributed by atoms with Gasteiger partial charge in [-0.05, 0) is 42.2 Å². The maximum absolute atomic E-state index is 13.2. The van der Waals surface area contributed by atoms with E-state index in [4.69, 9.17) is 10.5 Å². The molecule has 3 rings (SSSR count). The Bertz CT molecular complexity index is 1010. The quantitative estimate of drug-likeness (QED) is 0.707. The van der Waals surface area contributed by atoms with E-state index < -0.39 is 11.2 Å². The fourth-order valence-electron chi connectivity index (χ4n) is 2.90. The van der Waals surface area contributed by atoms with Gasteiger partial charge in [-0.25, -0.2) is 4.99 Å². The molecule has 2 amide bonds. The van der Waals surface area contributed by atoms with Crippen LogP contribution in [0.5, 0.6) is 5.75 Å². The minimum absolute atomic E-state index is 0.268. The number of carbonyl (C=O) groups excluding carboxylic acids is 2. The summed E-state index contributed by atoms with van der Waals surface area (Å²) < 4.78 is 5.28. The maximum atomic E-state index is 13.2. The van der Waals surface area contributed by atoms with Gasteiger partial charge in [-0.15, -0.1) is 0 Å². The van der Waals surface area contributed by atoms with E-state index in [1.165, 1.54) is 10.5 Å². The number of anilines is 1. The fraction of sp³-hybridized carbons (Fsp3) is 0.261. The Hall–Kier alpha value is -3.06. The number of aliphatic imine (C=N–C) groups is 1. The van der Waals surface area contributed by atoms with Gasteiger partial charge in [0.2, 0.25) is 5.91 Å². The lowest BCUT2D eigenvalue weighted by atomic mass is 10.0. The molecule has 2 aromatic rings. The van der Waals surface area contributed by atoms with Crippen molar-refractivity contribution in [3.05, 3.63) is 65.4 Å². The Morgan fingerprint density at radius 2 is 1.87 bits per heavy atom. The third kappa shape index (κ3) is 4.74. The molecule has 0 fully saturated rings. The number of thioether (sulfide) groups is 1. The molecule has 1 aliphatic heterocycles. The summed E-state index contributed by atoms with van der Waals surface area (Å²) in [4.78, 5) is 30.8. The summed E-state index contributed by atoms with van der Waals surface area (Å²) in [6.07, 6.45) is 1.75. The number of hydrogen-bond acceptors (Lipinski definition) is 5. The fourth-order valence-corrected chi connectivity index (χ4v) is 3.78. The van der Waals surface area contributed by atoms with Crippen LogP contribution in [0.2, 0.25) is 0 Å². The first kappa shape index (κ1) is 21.6. The summed E-state index contributed by atoms with van der Waals surface area (Å²) >= 11 is 1.16. The van der Waals surface area contributed by atoms with Gasteiger partial charge in [-0.3, -0.25) is 14.5 Å². The molecule has 1 aliphatic rings. The summed E-state index contributed by atoms with van der Waals surface area (Å²) in [6.45, 7) is 5.96. The van der Waals surface area contributed by atoms with Crippen molar-refractivity contribution >= 4 is 40.5 Å². The average Bonchev–Trinajstić information content (AvgIpc) is 3.03. The van der Waals surface area contributed by atoms with Gasteiger partial charge in [0.05, 0.1) is 18.0 Å². The maximum Gasteiger partial charge on any atom is 0.283 e. The van der Waals surface area contributed by atoms with Crippen LogP contribution in [-0.4, -0.2) is 29.3 Å². The monoisotopic (exact) mass is 423 g/mol. The molecule has 0 saturated heterocycles. The highest BCUT2D eigenvalue weighted by Gasteiger charge is 2.34. The Kier molecular flexibility index (Phi) is 6.62. The molecule has 0 unspecified atom stereocenters. The van der Waals surface area contributed by atoms with Gasteiger partial charge in [0.15, 0.2) is 5.17 Å². The van der Waals surface area contributed by atoms with E-state index >= 15 is 0 Å². The predicted octanol–water partition coefficient (Wildman–Crippen LogP) is 4.17. The van der Waals surface area contributed by atoms with Crippen LogP contribution in [0.15, 0.2) is 59.2 Å². The lowest BCUT2D eigenvalue weighted by Gasteiger charge is -2.19. The van der Waals surface area contributed by atoms with E-state index in [1.807, 2.05) is 24.3 Å². The third-order valence-electron chi connectivity index (χ3n) is 4.73. The molecule has 156 valence electrons. The molecule has 6 nitrogen and oxygen atoms in total. The lowest BCUT2D eigenvalue weighted by molar-refractivity contribution is -0.117. The first-order valence-electron chi connectivity index (χ1n) is 9.65. The number of methoxy groups -OCH3 is 1. The normalized spacial score (nSPS) is 16.2. The van der Waals surface area contributed by atoms with E-state index in [-0.39, 0.29) is 5.91 Å². The van der Waals surface area contributed by atoms with Gasteiger partial charge < -0.3 is 10.5 Å². The first-order valence-corrected chi connectivity index (χ1v) is 10.5. The standard InChI is InChI=1S/C23H25N3O3S/c1-14(2)17-10-8-16(9-11-17)12-20-22(28)26(18-6-5-7-19(13-18)29-4)23(25-20)30-15(3)21(24)27/h5-15H,1-4H3,(H2,24,27)/b20-12+/t15-/m0/s1. The van der Waals surface area contributed by atoms with E-state index in [9.17, 15) is 9.59 Å². The van der Waals surface area contributed by atoms with Crippen molar-refractivity contribution in [3.63, 3.8) is 0 Å². The van der Waals surface area contributed by atoms with Crippen molar-refractivity contribution in [3.8, 4) is 5.75 Å². The second-order valence-electron chi connectivity index (χ2n) is 7.25. The molecule has 1 atom stereocenters. The van der Waals surface area contributed by atoms with Crippen molar-refractivity contribution in [1.82, 2.24) is 0 Å². The molecular weight excluding hydrogens is 398 g/mol. The summed E-state index contributed by atoms with van der Waals surface area (Å²) in [7, 11) is 1.57. The summed E-state index contributed by atoms with van der Waals surface area (Å²) in [5, 5.41) is -0.126. The number of nitrogens with zero attached hydrogens (tertiary/aromatic N) is 2. The van der Waals surface area contributed by atoms with Crippen LogP contribution in [0.3, 0.4) is 0 Å². The molecule has 0 saturated carbocycles. The lowest BCUT2D eigenvalue weighted by Crippen LogP contribution is -2.33. The third-order valence-corrected chi connectivity index (χ3v) is 5.80. The number of amides is 2. The average molecular weight is 424 g/mol. The van der Waals surface area contributed by atoms with Crippen LogP contribution >= 0.6 is 11.8 Å². The molecule has 0 radical (unpaired) electrons. The van der Waals surface area contributed by atoms with Gasteiger partial charge in [-0.2, -0.15) is 0 Å². The van der Waals surface area contributed by atoms with E-state index in [2.05, 4.69) is 18.8 Å². The van der Waals surface area contributed by atoms with Crippen molar-refractivity contribution < 1.29 is 14.3 Å². The second-order valence-corrected chi connectivity index (χ2v) is 8.56. The first-order chi connectivity index (χ1) is 14.3. The van der Waals surface area contributed by atoms with Crippen LogP contribution in [0.25, 0.3) is 6.08 Å². The Labute approximate surface area is 180 Å². The highest BCUT2D eigenvalue weighted by Crippen LogP contribution is 2.32.